The summed E-state index contributed by atoms with van der Waals surface area (Å²) in [6.45, 7) is 0. The summed E-state index contributed by atoms with van der Waals surface area (Å²) >= 11 is 0. The molecule has 0 fully saturated rings. The molecular formula is C14H13NO2S. The van der Waals surface area contributed by atoms with E-state index in [4.69, 9.17) is 4.18 Å². The zero-order valence-corrected chi connectivity index (χ0v) is 10.7. The highest BCUT2D eigenvalue weighted by atomic mass is 32.3. The van der Waals surface area contributed by atoms with E-state index in [1.165, 1.54) is 0 Å². The first-order valence-electron chi connectivity index (χ1n) is 5.57. The first kappa shape index (κ1) is 11.3. The quantitative estimate of drug-likeness (QED) is 0.890. The van der Waals surface area contributed by atoms with Crippen LogP contribution < -0.4 is 0 Å². The van der Waals surface area contributed by atoms with Crippen LogP contribution in [0.4, 0.5) is 5.69 Å². The molecule has 0 saturated heterocycles. The van der Waals surface area contributed by atoms with E-state index in [0.29, 0.717) is 0 Å². The van der Waals surface area contributed by atoms with Crippen molar-refractivity contribution in [1.82, 2.24) is 0 Å². The van der Waals surface area contributed by atoms with Crippen molar-refractivity contribution in [3.63, 3.8) is 0 Å². The second kappa shape index (κ2) is 4.15. The SMILES string of the molecule is COS1(c2ccc(O)cc2)C=Nc2ccccc21. The first-order valence-corrected chi connectivity index (χ1v) is 7.19. The number of aliphatic imine (C=N–C) groups is 1. The molecule has 1 aliphatic rings. The number of phenols is 1. The van der Waals surface area contributed by atoms with Crippen molar-refractivity contribution in [2.75, 3.05) is 7.11 Å². The maximum absolute atomic E-state index is 9.39. The number of benzene rings is 2. The Labute approximate surface area is 107 Å². The Morgan fingerprint density at radius 2 is 1.78 bits per heavy atom. The Bertz CT molecular complexity index is 609. The molecule has 4 heteroatoms. The minimum Gasteiger partial charge on any atom is -0.508 e. The number of phenolic OH excluding ortho intramolecular Hbond substituents is 1. The van der Waals surface area contributed by atoms with Gasteiger partial charge in [0.1, 0.15) is 5.75 Å². The average molecular weight is 259 g/mol. The van der Waals surface area contributed by atoms with Crippen molar-refractivity contribution in [3.05, 3.63) is 48.5 Å². The average Bonchev–Trinajstić information content (AvgIpc) is 2.80. The van der Waals surface area contributed by atoms with Crippen molar-refractivity contribution in [2.24, 2.45) is 4.99 Å². The molecule has 2 aromatic carbocycles. The second-order valence-electron chi connectivity index (χ2n) is 3.96. The van der Waals surface area contributed by atoms with Crippen LogP contribution >= 0.6 is 10.3 Å². The van der Waals surface area contributed by atoms with Crippen molar-refractivity contribution in [2.45, 2.75) is 9.79 Å². The molecule has 2 aromatic rings. The van der Waals surface area contributed by atoms with Crippen molar-refractivity contribution in [3.8, 4) is 5.75 Å². The Hall–Kier alpha value is -1.78. The van der Waals surface area contributed by atoms with Gasteiger partial charge in [0.25, 0.3) is 0 Å². The van der Waals surface area contributed by atoms with Gasteiger partial charge in [-0.05, 0) is 46.7 Å². The van der Waals surface area contributed by atoms with Crippen LogP contribution in [0.15, 0.2) is 63.3 Å². The van der Waals surface area contributed by atoms with Crippen molar-refractivity contribution in [1.29, 1.82) is 0 Å². The van der Waals surface area contributed by atoms with Gasteiger partial charge in [0, 0.05) is 16.9 Å². The number of aromatic hydroxyl groups is 1. The molecule has 3 nitrogen and oxygen atoms in total. The highest BCUT2D eigenvalue weighted by Gasteiger charge is 2.33. The topological polar surface area (TPSA) is 41.8 Å². The highest BCUT2D eigenvalue weighted by Crippen LogP contribution is 2.66. The van der Waals surface area contributed by atoms with Gasteiger partial charge in [-0.1, -0.05) is 12.1 Å². The lowest BCUT2D eigenvalue weighted by molar-refractivity contribution is 0.470. The molecule has 1 aliphatic heterocycles. The molecule has 1 heterocycles. The molecule has 0 spiro atoms. The van der Waals surface area contributed by atoms with E-state index in [2.05, 4.69) is 4.99 Å². The van der Waals surface area contributed by atoms with E-state index in [9.17, 15) is 5.11 Å². The van der Waals surface area contributed by atoms with Crippen molar-refractivity contribution >= 4 is 21.5 Å². The third-order valence-corrected chi connectivity index (χ3v) is 5.88. The van der Waals surface area contributed by atoms with E-state index in [1.54, 1.807) is 19.2 Å². The molecular weight excluding hydrogens is 246 g/mol. The van der Waals surface area contributed by atoms with Gasteiger partial charge in [0.2, 0.25) is 0 Å². The fourth-order valence-corrected chi connectivity index (χ4v) is 4.54. The maximum Gasteiger partial charge on any atom is 0.115 e. The maximum atomic E-state index is 9.39. The molecule has 0 radical (unpaired) electrons. The Kier molecular flexibility index (Phi) is 2.61. The van der Waals surface area contributed by atoms with Gasteiger partial charge in [-0.2, -0.15) is 0 Å². The molecule has 1 unspecified atom stereocenters. The second-order valence-corrected chi connectivity index (χ2v) is 6.62. The molecule has 0 saturated carbocycles. The molecule has 92 valence electrons. The fraction of sp³-hybridized carbons (Fsp3) is 0.0714. The van der Waals surface area contributed by atoms with Gasteiger partial charge in [0.05, 0.1) is 11.2 Å². The summed E-state index contributed by atoms with van der Waals surface area (Å²) in [5.74, 6) is 0.257. The van der Waals surface area contributed by atoms with Crippen LogP contribution in [0.5, 0.6) is 5.75 Å². The lowest BCUT2D eigenvalue weighted by Crippen LogP contribution is -2.02. The molecule has 1 N–H and O–H groups in total. The van der Waals surface area contributed by atoms with Crippen LogP contribution in [0.1, 0.15) is 0 Å². The summed E-state index contributed by atoms with van der Waals surface area (Å²) < 4.78 is 5.80. The van der Waals surface area contributed by atoms with Crippen LogP contribution in [0.25, 0.3) is 0 Å². The molecule has 0 aromatic heterocycles. The van der Waals surface area contributed by atoms with E-state index < -0.39 is 10.3 Å². The number of hydrogen-bond acceptors (Lipinski definition) is 3. The number of para-hydroxylation sites is 1. The smallest absolute Gasteiger partial charge is 0.115 e. The summed E-state index contributed by atoms with van der Waals surface area (Å²) in [6, 6.07) is 15.1. The fourth-order valence-electron chi connectivity index (χ4n) is 2.07. The van der Waals surface area contributed by atoms with E-state index in [0.717, 1.165) is 15.5 Å². The van der Waals surface area contributed by atoms with Gasteiger partial charge < -0.3 is 9.29 Å². The zero-order valence-electron chi connectivity index (χ0n) is 9.91. The minimum atomic E-state index is -1.66. The summed E-state index contributed by atoms with van der Waals surface area (Å²) in [5, 5.41) is 9.39. The Morgan fingerprint density at radius 3 is 2.50 bits per heavy atom. The Balaban J connectivity index is 2.18. The molecule has 0 aliphatic carbocycles. The van der Waals surface area contributed by atoms with Crippen LogP contribution in [0.2, 0.25) is 0 Å². The summed E-state index contributed by atoms with van der Waals surface area (Å²) in [7, 11) is 0.0480. The number of nitrogens with zero attached hydrogens (tertiary/aromatic N) is 1. The predicted molar refractivity (Wildman–Crippen MR) is 73.8 cm³/mol. The monoisotopic (exact) mass is 259 g/mol. The largest absolute Gasteiger partial charge is 0.508 e. The first-order chi connectivity index (χ1) is 8.76. The number of rotatable bonds is 2. The molecule has 0 bridgehead atoms. The highest BCUT2D eigenvalue weighted by molar-refractivity contribution is 8.40. The molecule has 1 atom stereocenters. The van der Waals surface area contributed by atoms with Crippen LogP contribution in [-0.2, 0) is 4.18 Å². The summed E-state index contributed by atoms with van der Waals surface area (Å²) in [6.07, 6.45) is 0. The van der Waals surface area contributed by atoms with E-state index >= 15 is 0 Å². The van der Waals surface area contributed by atoms with E-state index in [-0.39, 0.29) is 5.75 Å². The van der Waals surface area contributed by atoms with Gasteiger partial charge in [-0.25, -0.2) is 4.99 Å². The lowest BCUT2D eigenvalue weighted by Gasteiger charge is -2.31. The third kappa shape index (κ3) is 1.54. The lowest BCUT2D eigenvalue weighted by atomic mass is 10.3. The summed E-state index contributed by atoms with van der Waals surface area (Å²) in [4.78, 5) is 6.59. The van der Waals surface area contributed by atoms with Crippen molar-refractivity contribution < 1.29 is 9.29 Å². The normalized spacial score (nSPS) is 24.5. The van der Waals surface area contributed by atoms with Gasteiger partial charge in [-0.15, -0.1) is 0 Å². The van der Waals surface area contributed by atoms with E-state index in [1.807, 2.05) is 41.9 Å². The zero-order chi connectivity index (χ0) is 12.6. The minimum absolute atomic E-state index is 0.257. The van der Waals surface area contributed by atoms with Crippen LogP contribution in [0.3, 0.4) is 0 Å². The van der Waals surface area contributed by atoms with Gasteiger partial charge in [-0.3, -0.25) is 0 Å². The molecule has 0 amide bonds. The van der Waals surface area contributed by atoms with Gasteiger partial charge >= 0.3 is 0 Å². The van der Waals surface area contributed by atoms with Crippen LogP contribution in [-0.4, -0.2) is 17.8 Å². The van der Waals surface area contributed by atoms with Gasteiger partial charge in [0.15, 0.2) is 0 Å². The molecule has 18 heavy (non-hydrogen) atoms. The third-order valence-electron chi connectivity index (χ3n) is 2.98. The standard InChI is InChI=1S/C14H13NO2S/c1-17-18(12-8-6-11(16)7-9-12)10-15-13-4-2-3-5-14(13)18/h2-10,16H,1H3. The Morgan fingerprint density at radius 1 is 1.06 bits per heavy atom. The predicted octanol–water partition coefficient (Wildman–Crippen LogP) is 3.85. The van der Waals surface area contributed by atoms with Crippen LogP contribution in [0, 0.1) is 0 Å². The molecule has 3 rings (SSSR count). The summed E-state index contributed by atoms with van der Waals surface area (Å²) in [5.41, 5.74) is 2.85. The number of fused-ring (bicyclic) bond motifs is 1. The number of hydrogen-bond donors (Lipinski definition) is 1.